The third-order valence-corrected chi connectivity index (χ3v) is 4.64. The number of aromatic nitrogens is 4. The van der Waals surface area contributed by atoms with Crippen LogP contribution in [0.5, 0.6) is 5.75 Å². The van der Waals surface area contributed by atoms with E-state index in [2.05, 4.69) is 30.8 Å². The largest absolute Gasteiger partial charge is 0.490 e. The molecule has 1 aliphatic rings. The van der Waals surface area contributed by atoms with Crippen molar-refractivity contribution in [3.05, 3.63) is 41.7 Å². The van der Waals surface area contributed by atoms with Crippen LogP contribution in [0.25, 0.3) is 5.52 Å². The average Bonchev–Trinajstić information content (AvgIpc) is 3.04. The third kappa shape index (κ3) is 4.41. The van der Waals surface area contributed by atoms with E-state index in [1.165, 1.54) is 0 Å². The Morgan fingerprint density at radius 2 is 2.03 bits per heavy atom. The maximum Gasteiger partial charge on any atom is 0.256 e. The lowest BCUT2D eigenvalue weighted by Crippen LogP contribution is -2.43. The molecule has 154 valence electrons. The number of rotatable bonds is 5. The van der Waals surface area contributed by atoms with Crippen LogP contribution in [0, 0.1) is 6.92 Å². The molecule has 1 aliphatic heterocycles. The first-order valence-electron chi connectivity index (χ1n) is 9.38. The quantitative estimate of drug-likeness (QED) is 0.654. The fourth-order valence-electron chi connectivity index (χ4n) is 3.25. The summed E-state index contributed by atoms with van der Waals surface area (Å²) in [4.78, 5) is 14.8. The number of piperazine rings is 1. The number of hydrogen-bond donors (Lipinski definition) is 2. The van der Waals surface area contributed by atoms with Gasteiger partial charge in [0.2, 0.25) is 0 Å². The summed E-state index contributed by atoms with van der Waals surface area (Å²) < 4.78 is 7.37. The smallest absolute Gasteiger partial charge is 0.256 e. The predicted molar refractivity (Wildman–Crippen MR) is 113 cm³/mol. The average molecular weight is 418 g/mol. The first-order chi connectivity index (χ1) is 13.7. The molecule has 9 nitrogen and oxygen atoms in total. The minimum Gasteiger partial charge on any atom is -0.490 e. The normalized spacial score (nSPS) is 13.8. The van der Waals surface area contributed by atoms with Gasteiger partial charge < -0.3 is 20.3 Å². The highest BCUT2D eigenvalue weighted by atomic mass is 35.5. The Balaban J connectivity index is 0.00000240. The van der Waals surface area contributed by atoms with Gasteiger partial charge in [0.1, 0.15) is 11.2 Å². The van der Waals surface area contributed by atoms with E-state index < -0.39 is 0 Å². The lowest BCUT2D eigenvalue weighted by molar-refractivity contribution is 0.102. The first kappa shape index (κ1) is 20.8. The van der Waals surface area contributed by atoms with E-state index in [0.717, 1.165) is 43.2 Å². The van der Waals surface area contributed by atoms with E-state index >= 15 is 0 Å². The molecule has 10 heteroatoms. The summed E-state index contributed by atoms with van der Waals surface area (Å²) in [5.41, 5.74) is 2.04. The van der Waals surface area contributed by atoms with Crippen molar-refractivity contribution in [1.82, 2.24) is 25.1 Å². The fourth-order valence-corrected chi connectivity index (χ4v) is 3.25. The minimum atomic E-state index is -0.256. The minimum absolute atomic E-state index is 0. The lowest BCUT2D eigenvalue weighted by atomic mass is 10.2. The highest BCUT2D eigenvalue weighted by molar-refractivity contribution is 6.04. The standard InChI is InChI=1S/C19H23N7O2.ClH/c1-3-28-18-13(2)24-26-9-6-14(12-15(18)26)19(27)21-16-4-5-17(23-22-16)25-10-7-20-8-11-25;/h4-6,9,12,20H,3,7-8,10-11H2,1-2H3,(H,21,22,27);1H. The summed E-state index contributed by atoms with van der Waals surface area (Å²) in [5, 5.41) is 18.9. The molecule has 3 aromatic rings. The topological polar surface area (TPSA) is 96.7 Å². The molecule has 1 amide bonds. The molecule has 0 radical (unpaired) electrons. The molecule has 4 rings (SSSR count). The van der Waals surface area contributed by atoms with Gasteiger partial charge in [-0.1, -0.05) is 0 Å². The van der Waals surface area contributed by atoms with Crippen LogP contribution >= 0.6 is 12.4 Å². The van der Waals surface area contributed by atoms with Crippen molar-refractivity contribution in [2.75, 3.05) is 43.0 Å². The van der Waals surface area contributed by atoms with Crippen molar-refractivity contribution in [3.8, 4) is 5.75 Å². The maximum atomic E-state index is 12.7. The molecule has 0 bridgehead atoms. The lowest BCUT2D eigenvalue weighted by Gasteiger charge is -2.27. The van der Waals surface area contributed by atoms with Gasteiger partial charge in [0.25, 0.3) is 5.91 Å². The Morgan fingerprint density at radius 1 is 1.24 bits per heavy atom. The number of carbonyl (C=O) groups excluding carboxylic acids is 1. The molecule has 29 heavy (non-hydrogen) atoms. The van der Waals surface area contributed by atoms with Gasteiger partial charge in [-0.15, -0.1) is 22.6 Å². The molecule has 0 unspecified atom stereocenters. The van der Waals surface area contributed by atoms with E-state index in [1.807, 2.05) is 19.9 Å². The molecular formula is C19H24ClN7O2. The first-order valence-corrected chi connectivity index (χ1v) is 9.38. The Hall–Kier alpha value is -2.91. The number of fused-ring (bicyclic) bond motifs is 1. The fraction of sp³-hybridized carbons (Fsp3) is 0.368. The molecule has 0 saturated carbocycles. The zero-order valence-electron chi connectivity index (χ0n) is 16.4. The molecular weight excluding hydrogens is 394 g/mol. The molecule has 1 saturated heterocycles. The van der Waals surface area contributed by atoms with Gasteiger partial charge in [-0.2, -0.15) is 5.10 Å². The molecule has 2 N–H and O–H groups in total. The van der Waals surface area contributed by atoms with Gasteiger partial charge >= 0.3 is 0 Å². The van der Waals surface area contributed by atoms with E-state index in [1.54, 1.807) is 28.9 Å². The van der Waals surface area contributed by atoms with Gasteiger partial charge in [-0.25, -0.2) is 4.52 Å². The number of amides is 1. The number of nitrogens with zero attached hydrogens (tertiary/aromatic N) is 5. The van der Waals surface area contributed by atoms with Crippen LogP contribution in [0.2, 0.25) is 0 Å². The second-order valence-corrected chi connectivity index (χ2v) is 6.56. The number of carbonyl (C=O) groups is 1. The highest BCUT2D eigenvalue weighted by Crippen LogP contribution is 2.25. The second kappa shape index (κ2) is 9.06. The number of aryl methyl sites for hydroxylation is 1. The zero-order valence-corrected chi connectivity index (χ0v) is 17.2. The summed E-state index contributed by atoms with van der Waals surface area (Å²) in [7, 11) is 0. The Morgan fingerprint density at radius 3 is 2.72 bits per heavy atom. The third-order valence-electron chi connectivity index (χ3n) is 4.64. The van der Waals surface area contributed by atoms with E-state index in [4.69, 9.17) is 4.74 Å². The Labute approximate surface area is 174 Å². The van der Waals surface area contributed by atoms with Crippen molar-refractivity contribution >= 4 is 35.5 Å². The molecule has 4 heterocycles. The summed E-state index contributed by atoms with van der Waals surface area (Å²) in [6.45, 7) is 7.99. The van der Waals surface area contributed by atoms with Gasteiger partial charge in [-0.05, 0) is 38.1 Å². The number of nitrogens with one attached hydrogen (secondary N) is 2. The number of pyridine rings is 1. The van der Waals surface area contributed by atoms with Gasteiger partial charge in [-0.3, -0.25) is 4.79 Å². The highest BCUT2D eigenvalue weighted by Gasteiger charge is 2.15. The molecule has 0 aromatic carbocycles. The number of anilines is 2. The molecule has 1 fully saturated rings. The van der Waals surface area contributed by atoms with Gasteiger partial charge in [0.05, 0.1) is 6.61 Å². The van der Waals surface area contributed by atoms with Crippen LogP contribution in [-0.4, -0.2) is 58.5 Å². The van der Waals surface area contributed by atoms with Crippen molar-refractivity contribution in [3.63, 3.8) is 0 Å². The van der Waals surface area contributed by atoms with Gasteiger partial charge in [0.15, 0.2) is 17.4 Å². The molecule has 3 aromatic heterocycles. The van der Waals surface area contributed by atoms with E-state index in [-0.39, 0.29) is 18.3 Å². The van der Waals surface area contributed by atoms with Crippen LogP contribution in [0.1, 0.15) is 23.0 Å². The van der Waals surface area contributed by atoms with Crippen molar-refractivity contribution < 1.29 is 9.53 Å². The molecule has 0 spiro atoms. The van der Waals surface area contributed by atoms with Crippen LogP contribution in [0.15, 0.2) is 30.5 Å². The summed E-state index contributed by atoms with van der Waals surface area (Å²) in [6, 6.07) is 7.13. The number of ether oxygens (including phenoxy) is 1. The van der Waals surface area contributed by atoms with Crippen LogP contribution in [0.4, 0.5) is 11.6 Å². The second-order valence-electron chi connectivity index (χ2n) is 6.56. The van der Waals surface area contributed by atoms with Crippen LogP contribution < -0.4 is 20.3 Å². The van der Waals surface area contributed by atoms with Gasteiger partial charge in [0, 0.05) is 37.9 Å². The summed E-state index contributed by atoms with van der Waals surface area (Å²) in [6.07, 6.45) is 1.75. The summed E-state index contributed by atoms with van der Waals surface area (Å²) >= 11 is 0. The monoisotopic (exact) mass is 417 g/mol. The van der Waals surface area contributed by atoms with Crippen molar-refractivity contribution in [2.24, 2.45) is 0 Å². The van der Waals surface area contributed by atoms with E-state index in [9.17, 15) is 4.79 Å². The zero-order chi connectivity index (χ0) is 19.5. The molecule has 0 aliphatic carbocycles. The SMILES string of the molecule is CCOc1c(C)nn2ccc(C(=O)Nc3ccc(N4CCNCC4)nn3)cc12.Cl. The van der Waals surface area contributed by atoms with E-state index in [0.29, 0.717) is 23.7 Å². The predicted octanol–water partition coefficient (Wildman–Crippen LogP) is 1.92. The van der Waals surface area contributed by atoms with Crippen LogP contribution in [-0.2, 0) is 0 Å². The molecule has 0 atom stereocenters. The Bertz CT molecular complexity index is 984. The number of halogens is 1. The van der Waals surface area contributed by atoms with Crippen molar-refractivity contribution in [2.45, 2.75) is 13.8 Å². The summed E-state index contributed by atoms with van der Waals surface area (Å²) in [5.74, 6) is 1.67. The number of hydrogen-bond acceptors (Lipinski definition) is 7. The van der Waals surface area contributed by atoms with Crippen molar-refractivity contribution in [1.29, 1.82) is 0 Å². The van der Waals surface area contributed by atoms with Crippen LogP contribution in [0.3, 0.4) is 0 Å². The maximum absolute atomic E-state index is 12.7. The Kier molecular flexibility index (Phi) is 6.50.